The second-order valence-corrected chi connectivity index (χ2v) is 8.35. The van der Waals surface area contributed by atoms with E-state index >= 15 is 0 Å². The Kier molecular flexibility index (Phi) is 4.49. The van der Waals surface area contributed by atoms with Crippen LogP contribution in [0.25, 0.3) is 16.5 Å². The van der Waals surface area contributed by atoms with Gasteiger partial charge < -0.3 is 9.72 Å². The van der Waals surface area contributed by atoms with Gasteiger partial charge in [0.05, 0.1) is 12.0 Å². The summed E-state index contributed by atoms with van der Waals surface area (Å²) in [6.45, 7) is 0.700. The highest BCUT2D eigenvalue weighted by Crippen LogP contribution is 2.31. The quantitative estimate of drug-likeness (QED) is 0.742. The van der Waals surface area contributed by atoms with Crippen molar-refractivity contribution in [2.45, 2.75) is 11.3 Å². The molecule has 0 fully saturated rings. The number of ether oxygens (including phenoxy) is 1. The highest BCUT2D eigenvalue weighted by molar-refractivity contribution is 7.89. The largest absolute Gasteiger partial charge is 0.497 e. The van der Waals surface area contributed by atoms with E-state index in [1.807, 2.05) is 12.3 Å². The van der Waals surface area contributed by atoms with Gasteiger partial charge in [0.2, 0.25) is 10.0 Å². The number of methoxy groups -OCH3 is 1. The number of hydrogen-bond donors (Lipinski definition) is 1. The smallest absolute Gasteiger partial charge is 0.243 e. The van der Waals surface area contributed by atoms with Crippen LogP contribution in [0.5, 0.6) is 5.75 Å². The minimum Gasteiger partial charge on any atom is -0.497 e. The van der Waals surface area contributed by atoms with Gasteiger partial charge in [-0.1, -0.05) is 6.08 Å². The van der Waals surface area contributed by atoms with E-state index in [9.17, 15) is 12.8 Å². The predicted molar refractivity (Wildman–Crippen MR) is 103 cm³/mol. The van der Waals surface area contributed by atoms with Crippen LogP contribution in [0.3, 0.4) is 0 Å². The molecule has 5 nitrogen and oxygen atoms in total. The van der Waals surface area contributed by atoms with Crippen molar-refractivity contribution in [2.75, 3.05) is 20.2 Å². The summed E-state index contributed by atoms with van der Waals surface area (Å²) in [5.41, 5.74) is 2.79. The fourth-order valence-corrected chi connectivity index (χ4v) is 4.75. The Morgan fingerprint density at radius 2 is 1.93 bits per heavy atom. The Hall–Kier alpha value is -2.64. The number of H-pyrrole nitrogens is 1. The summed E-state index contributed by atoms with van der Waals surface area (Å²) in [6.07, 6.45) is 4.37. The van der Waals surface area contributed by atoms with Crippen LogP contribution in [0.2, 0.25) is 0 Å². The fraction of sp³-hybridized carbons (Fsp3) is 0.200. The number of sulfonamides is 1. The average Bonchev–Trinajstić information content (AvgIpc) is 3.11. The second kappa shape index (κ2) is 6.83. The number of aromatic nitrogens is 1. The van der Waals surface area contributed by atoms with Crippen molar-refractivity contribution in [1.82, 2.24) is 9.29 Å². The third kappa shape index (κ3) is 3.24. The van der Waals surface area contributed by atoms with Gasteiger partial charge in [0.15, 0.2) is 0 Å². The summed E-state index contributed by atoms with van der Waals surface area (Å²) in [5.74, 6) is 0.329. The number of hydrogen-bond acceptors (Lipinski definition) is 3. The SMILES string of the molecule is COc1ccc(S(=O)(=O)N2CC=C(c3c[nH]c4cc(F)ccc34)CC2)cc1. The summed E-state index contributed by atoms with van der Waals surface area (Å²) in [5, 5.41) is 0.939. The first kappa shape index (κ1) is 17.8. The molecule has 4 rings (SSSR count). The van der Waals surface area contributed by atoms with Gasteiger partial charge in [-0.3, -0.25) is 0 Å². The zero-order chi connectivity index (χ0) is 19.0. The Morgan fingerprint density at radius 3 is 2.59 bits per heavy atom. The molecule has 2 heterocycles. The van der Waals surface area contributed by atoms with E-state index in [-0.39, 0.29) is 10.7 Å². The molecule has 1 aliphatic rings. The van der Waals surface area contributed by atoms with E-state index in [4.69, 9.17) is 4.74 Å². The van der Waals surface area contributed by atoms with Crippen LogP contribution in [-0.4, -0.2) is 37.9 Å². The van der Waals surface area contributed by atoms with Gasteiger partial charge in [-0.15, -0.1) is 0 Å². The molecule has 0 bridgehead atoms. The Balaban J connectivity index is 1.58. The second-order valence-electron chi connectivity index (χ2n) is 6.41. The van der Waals surface area contributed by atoms with E-state index < -0.39 is 10.0 Å². The first-order valence-corrected chi connectivity index (χ1v) is 10.0. The van der Waals surface area contributed by atoms with E-state index in [2.05, 4.69) is 4.98 Å². The lowest BCUT2D eigenvalue weighted by Crippen LogP contribution is -2.34. The van der Waals surface area contributed by atoms with E-state index in [1.54, 1.807) is 37.4 Å². The van der Waals surface area contributed by atoms with Crippen LogP contribution in [0, 0.1) is 5.82 Å². The van der Waals surface area contributed by atoms with Crippen LogP contribution in [0.1, 0.15) is 12.0 Å². The molecular formula is C20H19FN2O3S. The number of halogens is 1. The summed E-state index contributed by atoms with van der Waals surface area (Å²) < 4.78 is 45.6. The third-order valence-electron chi connectivity index (χ3n) is 4.86. The fourth-order valence-electron chi connectivity index (χ4n) is 3.37. The molecule has 1 N–H and O–H groups in total. The van der Waals surface area contributed by atoms with Gasteiger partial charge in [0.1, 0.15) is 11.6 Å². The number of fused-ring (bicyclic) bond motifs is 1. The summed E-state index contributed by atoms with van der Waals surface area (Å²) in [4.78, 5) is 3.33. The van der Waals surface area contributed by atoms with Crippen molar-refractivity contribution in [1.29, 1.82) is 0 Å². The Morgan fingerprint density at radius 1 is 1.15 bits per heavy atom. The zero-order valence-electron chi connectivity index (χ0n) is 14.8. The monoisotopic (exact) mass is 386 g/mol. The number of nitrogens with zero attached hydrogens (tertiary/aromatic N) is 1. The van der Waals surface area contributed by atoms with E-state index in [1.165, 1.54) is 16.4 Å². The standard InChI is InChI=1S/C20H19FN2O3S/c1-26-16-3-5-17(6-4-16)27(24,25)23-10-8-14(9-11-23)19-13-22-20-12-15(21)2-7-18(19)20/h2-8,12-13,22H,9-11H2,1H3. The molecule has 3 aromatic rings. The number of rotatable bonds is 4. The molecule has 1 aliphatic heterocycles. The third-order valence-corrected chi connectivity index (χ3v) is 6.74. The van der Waals surface area contributed by atoms with Gasteiger partial charge in [0.25, 0.3) is 0 Å². The molecular weight excluding hydrogens is 367 g/mol. The highest BCUT2D eigenvalue weighted by atomic mass is 32.2. The van der Waals surface area contributed by atoms with Crippen molar-refractivity contribution in [3.05, 3.63) is 66.1 Å². The van der Waals surface area contributed by atoms with Gasteiger partial charge in [-0.25, -0.2) is 12.8 Å². The average molecular weight is 386 g/mol. The molecule has 0 aliphatic carbocycles. The first-order valence-electron chi connectivity index (χ1n) is 8.59. The molecule has 27 heavy (non-hydrogen) atoms. The van der Waals surface area contributed by atoms with Gasteiger partial charge in [0, 0.05) is 35.8 Å². The van der Waals surface area contributed by atoms with E-state index in [0.717, 1.165) is 22.0 Å². The zero-order valence-corrected chi connectivity index (χ0v) is 15.6. The van der Waals surface area contributed by atoms with Crippen LogP contribution in [-0.2, 0) is 10.0 Å². The molecule has 0 amide bonds. The minimum atomic E-state index is -3.55. The molecule has 0 saturated heterocycles. The van der Waals surface area contributed by atoms with Crippen molar-refractivity contribution >= 4 is 26.5 Å². The van der Waals surface area contributed by atoms with Crippen molar-refractivity contribution in [3.63, 3.8) is 0 Å². The maximum absolute atomic E-state index is 13.4. The summed E-state index contributed by atoms with van der Waals surface area (Å²) in [6, 6.07) is 11.0. The molecule has 1 aromatic heterocycles. The van der Waals surface area contributed by atoms with Crippen molar-refractivity contribution in [2.24, 2.45) is 0 Å². The van der Waals surface area contributed by atoms with Crippen LogP contribution in [0.4, 0.5) is 4.39 Å². The van der Waals surface area contributed by atoms with Crippen LogP contribution >= 0.6 is 0 Å². The van der Waals surface area contributed by atoms with Gasteiger partial charge in [-0.2, -0.15) is 4.31 Å². The molecule has 2 aromatic carbocycles. The maximum atomic E-state index is 13.4. The lowest BCUT2D eigenvalue weighted by atomic mass is 10.00. The molecule has 140 valence electrons. The summed E-state index contributed by atoms with van der Waals surface area (Å²) >= 11 is 0. The number of nitrogens with one attached hydrogen (secondary N) is 1. The normalized spacial score (nSPS) is 15.7. The van der Waals surface area contributed by atoms with Gasteiger partial charge >= 0.3 is 0 Å². The van der Waals surface area contributed by atoms with Crippen molar-refractivity contribution < 1.29 is 17.5 Å². The maximum Gasteiger partial charge on any atom is 0.243 e. The van der Waals surface area contributed by atoms with E-state index in [0.29, 0.717) is 25.3 Å². The molecule has 0 spiro atoms. The topological polar surface area (TPSA) is 62.4 Å². The lowest BCUT2D eigenvalue weighted by Gasteiger charge is -2.26. The van der Waals surface area contributed by atoms with Crippen LogP contribution in [0.15, 0.2) is 59.6 Å². The number of aromatic amines is 1. The molecule has 0 saturated carbocycles. The first-order chi connectivity index (χ1) is 13.0. The molecule has 0 atom stereocenters. The minimum absolute atomic E-state index is 0.253. The number of benzene rings is 2. The lowest BCUT2D eigenvalue weighted by molar-refractivity contribution is 0.414. The molecule has 7 heteroatoms. The van der Waals surface area contributed by atoms with Gasteiger partial charge in [-0.05, 0) is 54.5 Å². The Bertz CT molecular complexity index is 1120. The molecule has 0 radical (unpaired) electrons. The molecule has 0 unspecified atom stereocenters. The van der Waals surface area contributed by atoms with Crippen LogP contribution < -0.4 is 4.74 Å². The Labute approximate surface area is 157 Å². The van der Waals surface area contributed by atoms with Crippen molar-refractivity contribution in [3.8, 4) is 5.75 Å². The highest BCUT2D eigenvalue weighted by Gasteiger charge is 2.27. The predicted octanol–water partition coefficient (Wildman–Crippen LogP) is 3.79. The summed E-state index contributed by atoms with van der Waals surface area (Å²) in [7, 11) is -2.01.